The molecule has 0 radical (unpaired) electrons. The molecule has 0 saturated carbocycles. The molecule has 0 fully saturated rings. The number of rotatable bonds is 8. The van der Waals surface area contributed by atoms with E-state index in [1.807, 2.05) is 0 Å². The van der Waals surface area contributed by atoms with Crippen LogP contribution in [0.1, 0.15) is 62.6 Å². The molecule has 4 aliphatic rings. The smallest absolute Gasteiger partial charge is 0.0731 e. The predicted molar refractivity (Wildman–Crippen MR) is 398 cm³/mol. The van der Waals surface area contributed by atoms with Crippen molar-refractivity contribution in [2.75, 3.05) is 9.80 Å². The fourth-order valence-electron chi connectivity index (χ4n) is 18.0. The Morgan fingerprint density at radius 3 is 1.19 bits per heavy atom. The molecule has 0 heterocycles. The van der Waals surface area contributed by atoms with Crippen LogP contribution in [0.25, 0.3) is 98.7 Å². The molecule has 2 spiro atoms. The quantitative estimate of drug-likeness (QED) is 0.150. The lowest BCUT2D eigenvalue weighted by Gasteiger charge is -2.32. The van der Waals surface area contributed by atoms with Gasteiger partial charge in [-0.15, -0.1) is 0 Å². The summed E-state index contributed by atoms with van der Waals surface area (Å²) in [6, 6.07) is 124. The molecule has 0 aliphatic heterocycles. The molecule has 0 bridgehead atoms. The Morgan fingerprint density at radius 2 is 0.642 bits per heavy atom. The first-order valence-corrected chi connectivity index (χ1v) is 33.5. The zero-order valence-electron chi connectivity index (χ0n) is 52.8. The van der Waals surface area contributed by atoms with Crippen LogP contribution in [0.3, 0.4) is 0 Å². The lowest BCUT2D eigenvalue weighted by Crippen LogP contribution is -2.26. The number of para-hydroxylation sites is 2. The van der Waals surface area contributed by atoms with Gasteiger partial charge in [-0.1, -0.05) is 262 Å². The second kappa shape index (κ2) is 20.3. The van der Waals surface area contributed by atoms with Crippen LogP contribution < -0.4 is 9.80 Å². The zero-order valence-corrected chi connectivity index (χ0v) is 52.8. The first kappa shape index (κ1) is 53.8. The van der Waals surface area contributed by atoms with Crippen molar-refractivity contribution in [2.24, 2.45) is 0 Å². The van der Waals surface area contributed by atoms with Crippen molar-refractivity contribution < 1.29 is 0 Å². The molecule has 95 heavy (non-hydrogen) atoms. The molecule has 0 amide bonds. The van der Waals surface area contributed by atoms with Crippen molar-refractivity contribution in [3.05, 3.63) is 383 Å². The maximum absolute atomic E-state index is 2.49. The first-order valence-electron chi connectivity index (χ1n) is 33.5. The van der Waals surface area contributed by atoms with Crippen molar-refractivity contribution in [3.63, 3.8) is 0 Å². The largest absolute Gasteiger partial charge is 0.310 e. The molecular formula is C93H62N2. The Bertz CT molecular complexity index is 5830. The van der Waals surface area contributed by atoms with Gasteiger partial charge in [0, 0.05) is 34.1 Å². The Kier molecular flexibility index (Phi) is 11.5. The normalized spacial score (nSPS) is 13.6. The summed E-state index contributed by atoms with van der Waals surface area (Å²) in [6.07, 6.45) is 0.998. The van der Waals surface area contributed by atoms with E-state index in [0.717, 1.165) is 40.5 Å². The maximum Gasteiger partial charge on any atom is 0.0731 e. The van der Waals surface area contributed by atoms with Crippen molar-refractivity contribution in [3.8, 4) is 55.6 Å². The van der Waals surface area contributed by atoms with Crippen molar-refractivity contribution in [1.82, 2.24) is 0 Å². The second-order valence-corrected chi connectivity index (χ2v) is 26.4. The zero-order chi connectivity index (χ0) is 62.7. The Balaban J connectivity index is 0.762. The third-order valence-electron chi connectivity index (χ3n) is 21.9. The van der Waals surface area contributed by atoms with E-state index in [0.29, 0.717) is 0 Å². The molecule has 2 heteroatoms. The number of anilines is 6. The van der Waals surface area contributed by atoms with Gasteiger partial charge in [0.25, 0.3) is 0 Å². The summed E-state index contributed by atoms with van der Waals surface area (Å²) >= 11 is 0. The van der Waals surface area contributed by atoms with Gasteiger partial charge in [0.2, 0.25) is 0 Å². The molecule has 16 aromatic carbocycles. The number of hydrogen-bond donors (Lipinski definition) is 0. The minimum absolute atomic E-state index is 0.494. The average molecular weight is 1210 g/mol. The summed E-state index contributed by atoms with van der Waals surface area (Å²) in [5, 5.41) is 10.0. The van der Waals surface area contributed by atoms with Gasteiger partial charge in [-0.05, 0) is 240 Å². The van der Waals surface area contributed by atoms with Crippen LogP contribution in [0.15, 0.2) is 328 Å². The van der Waals surface area contributed by atoms with Gasteiger partial charge < -0.3 is 9.80 Å². The molecule has 0 atom stereocenters. The third kappa shape index (κ3) is 7.34. The Hall–Kier alpha value is -11.8. The fourth-order valence-corrected chi connectivity index (χ4v) is 18.0. The van der Waals surface area contributed by atoms with E-state index in [1.165, 1.54) is 154 Å². The fraction of sp³-hybridized carbons (Fsp3) is 0.0538. The number of benzene rings is 16. The van der Waals surface area contributed by atoms with Gasteiger partial charge in [-0.2, -0.15) is 0 Å². The van der Waals surface area contributed by atoms with E-state index in [9.17, 15) is 0 Å². The Morgan fingerprint density at radius 1 is 0.242 bits per heavy atom. The van der Waals surface area contributed by atoms with Gasteiger partial charge in [0.1, 0.15) is 0 Å². The third-order valence-corrected chi connectivity index (χ3v) is 21.9. The topological polar surface area (TPSA) is 6.48 Å². The standard InChI is InChI=1S/C93H62N2/c1-3-59-38-44-65(45-39-59)94(63-22-6-4-7-23-63)66-46-50-71-61(55-66)41-49-80-89-78-32-20-31-72(73(78)52-54-87(89)93(91(71)80)84-35-18-14-29-76(84)77-30-15-19-36-85(77)93)81-57-68(43-37-58(81)2)95(64-24-8-5-9-25-64)67-47-51-70-62(56-67)40-48-79-88-69-26-11-10-21-60(69)42-53-86(88)92(90(70)79)82-33-16-12-27-74(82)75-28-13-17-34-83(75)92/h4-57H,3H2,1-2H3. The van der Waals surface area contributed by atoms with Crippen molar-refractivity contribution >= 4 is 77.2 Å². The molecule has 20 rings (SSSR count). The highest BCUT2D eigenvalue weighted by molar-refractivity contribution is 6.15. The number of hydrogen-bond acceptors (Lipinski definition) is 2. The van der Waals surface area contributed by atoms with Gasteiger partial charge in [0.05, 0.1) is 10.8 Å². The lowest BCUT2D eigenvalue weighted by atomic mass is 9.69. The average Bonchev–Trinajstić information content (AvgIpc) is 1.51. The van der Waals surface area contributed by atoms with Crippen LogP contribution in [-0.4, -0.2) is 0 Å². The van der Waals surface area contributed by atoms with Crippen molar-refractivity contribution in [1.29, 1.82) is 0 Å². The summed E-state index contributed by atoms with van der Waals surface area (Å²) in [5.74, 6) is 0. The minimum Gasteiger partial charge on any atom is -0.310 e. The highest BCUT2D eigenvalue weighted by Gasteiger charge is 2.54. The summed E-state index contributed by atoms with van der Waals surface area (Å²) in [5.41, 5.74) is 31.9. The molecule has 0 aromatic heterocycles. The van der Waals surface area contributed by atoms with Crippen LogP contribution in [0.5, 0.6) is 0 Å². The molecule has 16 aromatic rings. The molecule has 4 aliphatic carbocycles. The van der Waals surface area contributed by atoms with E-state index in [1.54, 1.807) is 0 Å². The number of fused-ring (bicyclic) bond motifs is 28. The summed E-state index contributed by atoms with van der Waals surface area (Å²) in [4.78, 5) is 4.86. The van der Waals surface area contributed by atoms with E-state index >= 15 is 0 Å². The van der Waals surface area contributed by atoms with E-state index in [4.69, 9.17) is 0 Å². The lowest BCUT2D eigenvalue weighted by molar-refractivity contribution is 0.802. The van der Waals surface area contributed by atoms with Gasteiger partial charge >= 0.3 is 0 Å². The highest BCUT2D eigenvalue weighted by Crippen LogP contribution is 2.67. The van der Waals surface area contributed by atoms with Crippen LogP contribution in [0, 0.1) is 6.92 Å². The molecular weight excluding hydrogens is 1150 g/mol. The van der Waals surface area contributed by atoms with E-state index < -0.39 is 10.8 Å². The SMILES string of the molecule is CCc1ccc(N(c2ccccc2)c2ccc3c4c(ccc3c2)-c2c(ccc3c(-c5cc(N(c6ccccc6)c6ccc7c8c(ccc7c6)-c6c(ccc7ccccc67)C86c7ccccc7-c7ccccc76)ccc5C)cccc23)C42c3ccccc3-c3ccccc32)cc1. The van der Waals surface area contributed by atoms with Crippen molar-refractivity contribution in [2.45, 2.75) is 31.1 Å². The van der Waals surface area contributed by atoms with Crippen LogP contribution >= 0.6 is 0 Å². The maximum atomic E-state index is 2.49. The summed E-state index contributed by atoms with van der Waals surface area (Å²) < 4.78 is 0. The monoisotopic (exact) mass is 1210 g/mol. The summed E-state index contributed by atoms with van der Waals surface area (Å²) in [7, 11) is 0. The summed E-state index contributed by atoms with van der Waals surface area (Å²) in [6.45, 7) is 4.50. The van der Waals surface area contributed by atoms with Crippen LogP contribution in [0.4, 0.5) is 34.1 Å². The molecule has 0 unspecified atom stereocenters. The Labute approximate surface area is 553 Å². The number of aryl methyl sites for hydroxylation is 2. The van der Waals surface area contributed by atoms with Gasteiger partial charge in [0.15, 0.2) is 0 Å². The highest BCUT2D eigenvalue weighted by atomic mass is 15.1. The van der Waals surface area contributed by atoms with Gasteiger partial charge in [-0.25, -0.2) is 0 Å². The molecule has 0 saturated heterocycles. The molecule has 2 nitrogen and oxygen atoms in total. The molecule has 0 N–H and O–H groups in total. The second-order valence-electron chi connectivity index (χ2n) is 26.4. The van der Waals surface area contributed by atoms with Crippen LogP contribution in [0.2, 0.25) is 0 Å². The minimum atomic E-state index is -0.560. The van der Waals surface area contributed by atoms with Gasteiger partial charge in [-0.3, -0.25) is 0 Å². The van der Waals surface area contributed by atoms with E-state index in [-0.39, 0.29) is 0 Å². The first-order chi connectivity index (χ1) is 47.0. The van der Waals surface area contributed by atoms with Crippen LogP contribution in [-0.2, 0) is 17.3 Å². The molecule has 444 valence electrons. The predicted octanol–water partition coefficient (Wildman–Crippen LogP) is 24.5. The number of nitrogens with zero attached hydrogens (tertiary/aromatic N) is 2. The van der Waals surface area contributed by atoms with E-state index in [2.05, 4.69) is 351 Å².